The van der Waals surface area contributed by atoms with Crippen molar-refractivity contribution in [3.63, 3.8) is 0 Å². The second-order valence-corrected chi connectivity index (χ2v) is 5.27. The van der Waals surface area contributed by atoms with Crippen LogP contribution in [0.2, 0.25) is 0 Å². The first-order valence-corrected chi connectivity index (χ1v) is 7.47. The molecule has 3 unspecified atom stereocenters. The van der Waals surface area contributed by atoms with Gasteiger partial charge in [-0.1, -0.05) is 13.8 Å². The SMILES string of the molecule is CCCOC1CCC(N2C(=O)C=CC2=O)C1OCCC. The van der Waals surface area contributed by atoms with Gasteiger partial charge in [-0.25, -0.2) is 0 Å². The van der Waals surface area contributed by atoms with Crippen molar-refractivity contribution >= 4 is 11.8 Å². The van der Waals surface area contributed by atoms with Crippen molar-refractivity contribution in [2.45, 2.75) is 57.8 Å². The minimum atomic E-state index is -0.235. The summed E-state index contributed by atoms with van der Waals surface area (Å²) in [4.78, 5) is 25.0. The molecule has 2 rings (SSSR count). The number of hydrogen-bond donors (Lipinski definition) is 0. The van der Waals surface area contributed by atoms with Crippen LogP contribution in [0.1, 0.15) is 39.5 Å². The highest BCUT2D eigenvalue weighted by Gasteiger charge is 2.45. The quantitative estimate of drug-likeness (QED) is 0.666. The Kier molecular flexibility index (Phi) is 5.31. The topological polar surface area (TPSA) is 55.8 Å². The maximum absolute atomic E-state index is 11.8. The molecule has 0 aromatic heterocycles. The van der Waals surface area contributed by atoms with Crippen LogP contribution in [0.5, 0.6) is 0 Å². The monoisotopic (exact) mass is 281 g/mol. The molecule has 3 atom stereocenters. The summed E-state index contributed by atoms with van der Waals surface area (Å²) >= 11 is 0. The van der Waals surface area contributed by atoms with E-state index in [1.54, 1.807) is 0 Å². The van der Waals surface area contributed by atoms with Gasteiger partial charge in [-0.05, 0) is 25.7 Å². The van der Waals surface area contributed by atoms with E-state index in [4.69, 9.17) is 9.47 Å². The van der Waals surface area contributed by atoms with Crippen LogP contribution in [0.3, 0.4) is 0 Å². The Morgan fingerprint density at radius 2 is 1.65 bits per heavy atom. The smallest absolute Gasteiger partial charge is 0.253 e. The largest absolute Gasteiger partial charge is 0.375 e. The lowest BCUT2D eigenvalue weighted by molar-refractivity contribution is -0.145. The van der Waals surface area contributed by atoms with Crippen molar-refractivity contribution in [3.05, 3.63) is 12.2 Å². The molecule has 5 heteroatoms. The molecule has 1 aliphatic heterocycles. The summed E-state index contributed by atoms with van der Waals surface area (Å²) in [7, 11) is 0. The zero-order valence-electron chi connectivity index (χ0n) is 12.2. The van der Waals surface area contributed by atoms with Crippen molar-refractivity contribution in [3.8, 4) is 0 Å². The Morgan fingerprint density at radius 1 is 1.05 bits per heavy atom. The Morgan fingerprint density at radius 3 is 2.25 bits per heavy atom. The highest BCUT2D eigenvalue weighted by atomic mass is 16.5. The van der Waals surface area contributed by atoms with Gasteiger partial charge in [0.25, 0.3) is 11.8 Å². The number of ether oxygens (including phenoxy) is 2. The van der Waals surface area contributed by atoms with Gasteiger partial charge in [0.1, 0.15) is 6.10 Å². The lowest BCUT2D eigenvalue weighted by atomic mass is 10.1. The van der Waals surface area contributed by atoms with Crippen LogP contribution in [0.4, 0.5) is 0 Å². The maximum atomic E-state index is 11.8. The molecule has 0 saturated heterocycles. The molecular formula is C15H23NO4. The molecule has 2 aliphatic rings. The third-order valence-electron chi connectivity index (χ3n) is 3.72. The van der Waals surface area contributed by atoms with E-state index in [9.17, 15) is 9.59 Å². The molecule has 0 aromatic rings. The Hall–Kier alpha value is -1.20. The van der Waals surface area contributed by atoms with Crippen molar-refractivity contribution in [2.24, 2.45) is 0 Å². The first-order valence-electron chi connectivity index (χ1n) is 7.47. The van der Waals surface area contributed by atoms with Crippen LogP contribution in [0.15, 0.2) is 12.2 Å². The molecule has 1 saturated carbocycles. The van der Waals surface area contributed by atoms with Crippen LogP contribution in [-0.2, 0) is 19.1 Å². The molecular weight excluding hydrogens is 258 g/mol. The van der Waals surface area contributed by atoms with E-state index in [2.05, 4.69) is 6.92 Å². The van der Waals surface area contributed by atoms with Crippen LogP contribution in [0.25, 0.3) is 0 Å². The van der Waals surface area contributed by atoms with Gasteiger partial charge in [0.15, 0.2) is 0 Å². The van der Waals surface area contributed by atoms with E-state index >= 15 is 0 Å². The van der Waals surface area contributed by atoms with Gasteiger partial charge < -0.3 is 9.47 Å². The molecule has 1 fully saturated rings. The van der Waals surface area contributed by atoms with E-state index in [1.165, 1.54) is 17.1 Å². The number of imide groups is 1. The summed E-state index contributed by atoms with van der Waals surface area (Å²) in [5.74, 6) is -0.470. The molecule has 0 aromatic carbocycles. The van der Waals surface area contributed by atoms with Crippen LogP contribution >= 0.6 is 0 Å². The zero-order chi connectivity index (χ0) is 14.5. The summed E-state index contributed by atoms with van der Waals surface area (Å²) in [6.07, 6.45) is 5.88. The number of rotatable bonds is 7. The molecule has 0 radical (unpaired) electrons. The van der Waals surface area contributed by atoms with Crippen LogP contribution in [-0.4, -0.2) is 48.2 Å². The summed E-state index contributed by atoms with van der Waals surface area (Å²) in [5.41, 5.74) is 0. The highest BCUT2D eigenvalue weighted by molar-refractivity contribution is 6.13. The maximum Gasteiger partial charge on any atom is 0.253 e. The van der Waals surface area contributed by atoms with Gasteiger partial charge in [0.05, 0.1) is 12.1 Å². The second kappa shape index (κ2) is 6.99. The van der Waals surface area contributed by atoms with Gasteiger partial charge in [-0.15, -0.1) is 0 Å². The Balaban J connectivity index is 2.06. The predicted octanol–water partition coefficient (Wildman–Crippen LogP) is 1.66. The standard InChI is InChI=1S/C15H23NO4/c1-3-9-19-12-6-5-11(15(12)20-10-4-2)16-13(17)7-8-14(16)18/h7-8,11-12,15H,3-6,9-10H2,1-2H3. The number of carbonyl (C=O) groups is 2. The van der Waals surface area contributed by atoms with Gasteiger partial charge in [-0.3, -0.25) is 14.5 Å². The van der Waals surface area contributed by atoms with Gasteiger partial charge in [0.2, 0.25) is 0 Å². The fraction of sp³-hybridized carbons (Fsp3) is 0.733. The molecule has 1 aliphatic carbocycles. The number of nitrogens with zero attached hydrogens (tertiary/aromatic N) is 1. The third kappa shape index (κ3) is 3.10. The molecule has 0 spiro atoms. The first kappa shape index (κ1) is 15.2. The molecule has 5 nitrogen and oxygen atoms in total. The summed E-state index contributed by atoms with van der Waals surface area (Å²) in [6.45, 7) is 5.41. The minimum Gasteiger partial charge on any atom is -0.375 e. The first-order chi connectivity index (χ1) is 9.69. The molecule has 1 heterocycles. The number of carbonyl (C=O) groups excluding carboxylic acids is 2. The highest BCUT2D eigenvalue weighted by Crippen LogP contribution is 2.31. The van der Waals surface area contributed by atoms with Crippen molar-refractivity contribution in [2.75, 3.05) is 13.2 Å². The van der Waals surface area contributed by atoms with Crippen molar-refractivity contribution < 1.29 is 19.1 Å². The molecule has 20 heavy (non-hydrogen) atoms. The Bertz CT molecular complexity index is 375. The minimum absolute atomic E-state index is 0.0206. The molecule has 0 N–H and O–H groups in total. The van der Waals surface area contributed by atoms with Gasteiger partial charge >= 0.3 is 0 Å². The van der Waals surface area contributed by atoms with Crippen molar-refractivity contribution in [1.82, 2.24) is 4.90 Å². The molecule has 112 valence electrons. The number of amides is 2. The molecule has 0 bridgehead atoms. The van der Waals surface area contributed by atoms with Crippen LogP contribution in [0, 0.1) is 0 Å². The van der Waals surface area contributed by atoms with E-state index in [0.717, 1.165) is 25.7 Å². The fourth-order valence-electron chi connectivity index (χ4n) is 2.85. The summed E-state index contributed by atoms with van der Waals surface area (Å²) in [6, 6.07) is -0.196. The lowest BCUT2D eigenvalue weighted by Gasteiger charge is -2.30. The lowest BCUT2D eigenvalue weighted by Crippen LogP contribution is -2.48. The summed E-state index contributed by atoms with van der Waals surface area (Å²) < 4.78 is 11.7. The average molecular weight is 281 g/mol. The Labute approximate surface area is 119 Å². The van der Waals surface area contributed by atoms with Gasteiger partial charge in [-0.2, -0.15) is 0 Å². The van der Waals surface area contributed by atoms with Crippen molar-refractivity contribution in [1.29, 1.82) is 0 Å². The average Bonchev–Trinajstić information content (AvgIpc) is 2.97. The van der Waals surface area contributed by atoms with E-state index in [1.807, 2.05) is 6.92 Å². The third-order valence-corrected chi connectivity index (χ3v) is 3.72. The zero-order valence-corrected chi connectivity index (χ0v) is 12.2. The van der Waals surface area contributed by atoms with E-state index in [0.29, 0.717) is 13.2 Å². The van der Waals surface area contributed by atoms with Crippen LogP contribution < -0.4 is 0 Å². The predicted molar refractivity (Wildman–Crippen MR) is 74.1 cm³/mol. The fourth-order valence-corrected chi connectivity index (χ4v) is 2.85. The summed E-state index contributed by atoms with van der Waals surface area (Å²) in [5, 5.41) is 0. The normalized spacial score (nSPS) is 29.7. The second-order valence-electron chi connectivity index (χ2n) is 5.27. The number of hydrogen-bond acceptors (Lipinski definition) is 4. The molecule has 2 amide bonds. The van der Waals surface area contributed by atoms with E-state index in [-0.39, 0.29) is 30.1 Å². The van der Waals surface area contributed by atoms with Gasteiger partial charge in [0, 0.05) is 25.4 Å². The van der Waals surface area contributed by atoms with E-state index < -0.39 is 0 Å².